The maximum Gasteiger partial charge on any atom is 2.00 e. The summed E-state index contributed by atoms with van der Waals surface area (Å²) in [7, 11) is 1.30. The molecule has 0 saturated carbocycles. The number of esters is 2. The molecule has 66 heavy (non-hydrogen) atoms. The summed E-state index contributed by atoms with van der Waals surface area (Å²) in [5, 5.41) is 0. The van der Waals surface area contributed by atoms with Crippen LogP contribution >= 0.6 is 0 Å². The quantitative estimate of drug-likeness (QED) is 0.0358. The molecule has 3 aromatic heterocycles. The molecular formula is C55H76MgN4O6+2. The van der Waals surface area contributed by atoms with Crippen LogP contribution in [-0.4, -0.2) is 60.3 Å². The maximum absolute atomic E-state index is 14.4. The molecule has 3 aliphatic rings. The van der Waals surface area contributed by atoms with Crippen LogP contribution < -0.4 is 19.9 Å². The van der Waals surface area contributed by atoms with E-state index in [0.29, 0.717) is 62.4 Å². The predicted molar refractivity (Wildman–Crippen MR) is 262 cm³/mol. The fourth-order valence-corrected chi connectivity index (χ4v) is 10.8. The van der Waals surface area contributed by atoms with Crippen LogP contribution in [0.2, 0.25) is 0 Å². The van der Waals surface area contributed by atoms with Gasteiger partial charge in [-0.25, -0.2) is 9.97 Å². The van der Waals surface area contributed by atoms with Gasteiger partial charge >= 0.3 is 35.0 Å². The monoisotopic (exact) mass is 913 g/mol. The molecule has 2 aliphatic heterocycles. The molecule has 2 N–H and O–H groups in total. The molecule has 352 valence electrons. The van der Waals surface area contributed by atoms with Crippen molar-refractivity contribution < 1.29 is 38.6 Å². The summed E-state index contributed by atoms with van der Waals surface area (Å²) in [6.07, 6.45) is 14.7. The number of allylic oxidation sites excluding steroid dienone is 1. The number of carbonyl (C=O) groups is 4. The van der Waals surface area contributed by atoms with E-state index in [9.17, 15) is 19.2 Å². The number of ether oxygens (including phenoxy) is 2. The topological polar surface area (TPSA) is 143 Å². The smallest absolute Gasteiger partial charge is 0.657 e. The molecule has 0 amide bonds. The number of aryl methyl sites for hydroxylation is 2. The van der Waals surface area contributed by atoms with E-state index in [-0.39, 0.29) is 77.3 Å². The number of nitrogens with one attached hydrogen (secondary N) is 2. The number of carbonyl (C=O) groups excluding carboxylic acids is 4. The Hall–Kier alpha value is -4.09. The summed E-state index contributed by atoms with van der Waals surface area (Å²) in [4.78, 5) is 72.1. The number of aromatic amines is 2. The molecule has 0 spiro atoms. The Morgan fingerprint density at radius 3 is 2.00 bits per heavy atom. The van der Waals surface area contributed by atoms with Gasteiger partial charge in [0.25, 0.3) is 0 Å². The van der Waals surface area contributed by atoms with Gasteiger partial charge < -0.3 is 19.4 Å². The fourth-order valence-electron chi connectivity index (χ4n) is 10.8. The van der Waals surface area contributed by atoms with Crippen LogP contribution in [0.5, 0.6) is 0 Å². The van der Waals surface area contributed by atoms with Crippen LogP contribution in [0, 0.1) is 31.6 Å². The normalized spacial score (nSPS) is 20.0. The number of rotatable bonds is 20. The molecule has 5 heterocycles. The summed E-state index contributed by atoms with van der Waals surface area (Å²) in [5.74, 6) is -0.477. The third-order valence-corrected chi connectivity index (χ3v) is 14.9. The van der Waals surface area contributed by atoms with Crippen molar-refractivity contribution in [3.05, 3.63) is 80.4 Å². The van der Waals surface area contributed by atoms with E-state index in [1.54, 1.807) is 6.92 Å². The Kier molecular flexibility index (Phi) is 18.6. The molecule has 0 aromatic carbocycles. The number of ketones is 2. The minimum absolute atomic E-state index is 0. The molecule has 3 aromatic rings. The van der Waals surface area contributed by atoms with E-state index < -0.39 is 11.9 Å². The van der Waals surface area contributed by atoms with Gasteiger partial charge in [-0.3, -0.25) is 19.2 Å². The van der Waals surface area contributed by atoms with E-state index in [4.69, 9.17) is 19.4 Å². The first-order valence-corrected chi connectivity index (χ1v) is 24.7. The first-order valence-electron chi connectivity index (χ1n) is 24.7. The van der Waals surface area contributed by atoms with Crippen LogP contribution in [0.15, 0.2) is 29.8 Å². The van der Waals surface area contributed by atoms with Crippen LogP contribution in [0.3, 0.4) is 0 Å². The molecule has 8 bridgehead atoms. The van der Waals surface area contributed by atoms with E-state index in [1.165, 1.54) is 57.6 Å². The molecule has 1 aliphatic carbocycles. The predicted octanol–water partition coefficient (Wildman–Crippen LogP) is 11.2. The van der Waals surface area contributed by atoms with Crippen molar-refractivity contribution in [2.24, 2.45) is 17.8 Å². The Balaban J connectivity index is 0.00000817. The molecule has 10 nitrogen and oxygen atoms in total. The second-order valence-corrected chi connectivity index (χ2v) is 20.3. The molecule has 0 saturated heterocycles. The van der Waals surface area contributed by atoms with Gasteiger partial charge in [0.1, 0.15) is 12.5 Å². The van der Waals surface area contributed by atoms with Crippen molar-refractivity contribution >= 4 is 68.6 Å². The maximum atomic E-state index is 14.4. The minimum atomic E-state index is -1.21. The van der Waals surface area contributed by atoms with Crippen molar-refractivity contribution in [1.82, 2.24) is 9.97 Å². The number of hydrogen-bond donors (Lipinski definition) is 0. The number of Topliss-reactive ketones (excluding diaryl/α,β-unsaturated/α-hetero) is 2. The Bertz CT molecular complexity index is 2460. The van der Waals surface area contributed by atoms with Crippen molar-refractivity contribution in [3.8, 4) is 0 Å². The first kappa shape index (κ1) is 52.9. The van der Waals surface area contributed by atoms with Crippen molar-refractivity contribution in [1.29, 1.82) is 0 Å². The van der Waals surface area contributed by atoms with E-state index in [0.717, 1.165) is 53.7 Å². The molecule has 0 radical (unpaired) electrons. The summed E-state index contributed by atoms with van der Waals surface area (Å²) < 4.78 is 11.1. The summed E-state index contributed by atoms with van der Waals surface area (Å²) in [5.41, 5.74) is 10.0. The summed E-state index contributed by atoms with van der Waals surface area (Å²) in [6.45, 7) is 23.5. The molecule has 7 unspecified atom stereocenters. The SMILES string of the molecule is CCC1c2cc3[n-]c4c(c3C)C(=O)C(C(=O)OC)c4c3[nH+]c(cc4[n-]c(cc([nH+]2)C1C)c(C(C)=O)c4C)C(C)C3CCC(=O)OC/C=C(\C)CCCC(C)CCCC(C)CCCC(C)C.[Mg+2]. The van der Waals surface area contributed by atoms with Gasteiger partial charge in [0.15, 0.2) is 34.3 Å². The second-order valence-electron chi connectivity index (χ2n) is 20.3. The van der Waals surface area contributed by atoms with E-state index in [2.05, 4.69) is 65.4 Å². The fraction of sp³-hybridized carbons (Fsp3) is 0.600. The molecule has 6 rings (SSSR count). The van der Waals surface area contributed by atoms with Crippen molar-refractivity contribution in [2.75, 3.05) is 13.7 Å². The van der Waals surface area contributed by atoms with E-state index >= 15 is 0 Å². The van der Waals surface area contributed by atoms with Gasteiger partial charge in [-0.05, 0) is 95.4 Å². The Morgan fingerprint density at radius 2 is 1.36 bits per heavy atom. The molecule has 11 heteroatoms. The number of fused-ring (bicyclic) bond motifs is 8. The van der Waals surface area contributed by atoms with Crippen molar-refractivity contribution in [2.45, 2.75) is 183 Å². The van der Waals surface area contributed by atoms with Gasteiger partial charge in [0.05, 0.1) is 30.8 Å². The molecular weight excluding hydrogens is 837 g/mol. The van der Waals surface area contributed by atoms with Gasteiger partial charge in [0, 0.05) is 23.1 Å². The largest absolute Gasteiger partial charge is 2.00 e. The number of H-pyrrole nitrogens is 2. The van der Waals surface area contributed by atoms with Crippen LogP contribution in [-0.2, 0) is 19.1 Å². The van der Waals surface area contributed by atoms with Gasteiger partial charge in [-0.15, -0.1) is 22.1 Å². The first-order chi connectivity index (χ1) is 30.9. The zero-order valence-electron chi connectivity index (χ0n) is 42.2. The average molecular weight is 914 g/mol. The number of aromatic nitrogens is 4. The van der Waals surface area contributed by atoms with Gasteiger partial charge in [0.2, 0.25) is 0 Å². The summed E-state index contributed by atoms with van der Waals surface area (Å²) in [6, 6.07) is 5.99. The number of hydrogen-bond acceptors (Lipinski definition) is 6. The standard InChI is InChI=1S/C55H75N4O6.Mg/c1-13-39-34(7)41-29-46-48(38(11)60)36(9)43(57-46)27-42-35(8)40(52(58-42)50-51(55(63)64-12)54(62)49-37(10)44(59-53(49)50)28-45(39)56-41)23-24-47(61)65-26-25-33(6)22-16-21-32(5)20-15-19-31(4)18-14-17-30(2)3;/h25,27-32,34-35,39-40,51H,13-24,26H2,1-12H3,(H-,56,57,58,59,60,62);/q-1;+2/p+1/b33-25+;. The second kappa shape index (κ2) is 23.3. The average Bonchev–Trinajstić information content (AvgIpc) is 4.00. The molecule has 0 fully saturated rings. The van der Waals surface area contributed by atoms with E-state index in [1.807, 2.05) is 38.1 Å². The third-order valence-electron chi connectivity index (χ3n) is 14.9. The van der Waals surface area contributed by atoms with Crippen LogP contribution in [0.25, 0.3) is 22.1 Å². The summed E-state index contributed by atoms with van der Waals surface area (Å²) >= 11 is 0. The Morgan fingerprint density at radius 1 is 0.773 bits per heavy atom. The van der Waals surface area contributed by atoms with Crippen LogP contribution in [0.4, 0.5) is 0 Å². The Labute approximate surface area is 409 Å². The van der Waals surface area contributed by atoms with Gasteiger partial charge in [-0.2, -0.15) is 0 Å². The molecule has 7 atom stereocenters. The number of nitrogens with zero attached hydrogens (tertiary/aromatic N) is 2. The third kappa shape index (κ3) is 11.8. The zero-order valence-corrected chi connectivity index (χ0v) is 43.6. The minimum Gasteiger partial charge on any atom is -0.657 e. The van der Waals surface area contributed by atoms with Crippen molar-refractivity contribution in [3.63, 3.8) is 0 Å². The number of methoxy groups -OCH3 is 1. The van der Waals surface area contributed by atoms with Gasteiger partial charge in [-0.1, -0.05) is 110 Å². The zero-order chi connectivity index (χ0) is 47.3. The van der Waals surface area contributed by atoms with Crippen LogP contribution in [0.1, 0.15) is 229 Å².